The van der Waals surface area contributed by atoms with Gasteiger partial charge in [0.25, 0.3) is 0 Å². The van der Waals surface area contributed by atoms with E-state index in [-0.39, 0.29) is 17.5 Å². The number of hydrogen-bond acceptors (Lipinski definition) is 4. The van der Waals surface area contributed by atoms with Crippen molar-refractivity contribution in [3.63, 3.8) is 0 Å². The van der Waals surface area contributed by atoms with Gasteiger partial charge in [-0.25, -0.2) is 9.38 Å². The molecule has 0 radical (unpaired) electrons. The number of rotatable bonds is 3. The molecule has 118 valence electrons. The van der Waals surface area contributed by atoms with Gasteiger partial charge >= 0.3 is 0 Å². The zero-order valence-corrected chi connectivity index (χ0v) is 13.7. The van der Waals surface area contributed by atoms with E-state index in [4.69, 9.17) is 0 Å². The molecule has 0 aliphatic carbocycles. The summed E-state index contributed by atoms with van der Waals surface area (Å²) in [6, 6.07) is 6.68. The van der Waals surface area contributed by atoms with Crippen molar-refractivity contribution < 1.29 is 9.18 Å². The Kier molecular flexibility index (Phi) is 4.43. The molecule has 0 fully saturated rings. The van der Waals surface area contributed by atoms with E-state index in [9.17, 15) is 9.18 Å². The third-order valence-electron chi connectivity index (χ3n) is 3.51. The Morgan fingerprint density at radius 2 is 2.17 bits per heavy atom. The maximum Gasteiger partial charge on any atom is 0.234 e. The minimum atomic E-state index is -0.325. The van der Waals surface area contributed by atoms with Crippen molar-refractivity contribution in [1.29, 1.82) is 0 Å². The minimum absolute atomic E-state index is 0.175. The lowest BCUT2D eigenvalue weighted by atomic mass is 10.2. The first kappa shape index (κ1) is 15.7. The number of fused-ring (bicyclic) bond motifs is 1. The van der Waals surface area contributed by atoms with Gasteiger partial charge in [0.2, 0.25) is 5.91 Å². The molecule has 0 bridgehead atoms. The molecule has 2 aromatic rings. The number of carbonyl (C=O) groups is 1. The molecule has 0 unspecified atom stereocenters. The zero-order chi connectivity index (χ0) is 16.4. The third-order valence-corrected chi connectivity index (χ3v) is 4.49. The first-order valence-corrected chi connectivity index (χ1v) is 8.22. The molecule has 0 saturated heterocycles. The first-order chi connectivity index (χ1) is 11.0. The normalized spacial score (nSPS) is 12.7. The van der Waals surface area contributed by atoms with E-state index in [1.54, 1.807) is 25.3 Å². The Labute approximate surface area is 138 Å². The molecule has 1 aromatic carbocycles. The van der Waals surface area contributed by atoms with Crippen molar-refractivity contribution in [2.75, 3.05) is 11.1 Å². The summed E-state index contributed by atoms with van der Waals surface area (Å²) < 4.78 is 13.5. The van der Waals surface area contributed by atoms with Crippen LogP contribution in [0.15, 0.2) is 35.5 Å². The van der Waals surface area contributed by atoms with Gasteiger partial charge in [0, 0.05) is 17.8 Å². The number of anilines is 1. The number of nitrogens with one attached hydrogen (secondary N) is 1. The quantitative estimate of drug-likeness (QED) is 0.932. The molecule has 3 rings (SSSR count). The molecule has 0 spiro atoms. The van der Waals surface area contributed by atoms with Gasteiger partial charge < -0.3 is 5.32 Å². The van der Waals surface area contributed by atoms with Crippen LogP contribution >= 0.6 is 11.8 Å². The molecule has 0 atom stereocenters. The highest BCUT2D eigenvalue weighted by Gasteiger charge is 2.16. The highest BCUT2D eigenvalue weighted by Crippen LogP contribution is 2.29. The summed E-state index contributed by atoms with van der Waals surface area (Å²) in [5.41, 5.74) is 4.00. The van der Waals surface area contributed by atoms with E-state index in [0.29, 0.717) is 11.3 Å². The van der Waals surface area contributed by atoms with Crippen LogP contribution in [0.2, 0.25) is 0 Å². The average Bonchev–Trinajstić information content (AvgIpc) is 2.91. The van der Waals surface area contributed by atoms with E-state index in [0.717, 1.165) is 28.4 Å². The van der Waals surface area contributed by atoms with E-state index in [1.807, 2.05) is 13.0 Å². The largest absolute Gasteiger partial charge is 0.325 e. The summed E-state index contributed by atoms with van der Waals surface area (Å²) in [5.74, 6) is -0.255. The summed E-state index contributed by atoms with van der Waals surface area (Å²) in [4.78, 5) is 20.7. The Balaban J connectivity index is 1.55. The molecule has 1 aromatic heterocycles. The van der Waals surface area contributed by atoms with Crippen LogP contribution in [-0.2, 0) is 11.2 Å². The zero-order valence-electron chi connectivity index (χ0n) is 12.9. The van der Waals surface area contributed by atoms with Crippen LogP contribution in [0.1, 0.15) is 16.8 Å². The Morgan fingerprint density at radius 1 is 1.35 bits per heavy atom. The predicted molar refractivity (Wildman–Crippen MR) is 92.0 cm³/mol. The maximum atomic E-state index is 13.5. The fourth-order valence-corrected chi connectivity index (χ4v) is 3.08. The number of nitrogens with zero attached hydrogens (tertiary/aromatic N) is 2. The van der Waals surface area contributed by atoms with Gasteiger partial charge in [0.1, 0.15) is 5.82 Å². The van der Waals surface area contributed by atoms with Gasteiger partial charge in [0.15, 0.2) is 0 Å². The fourth-order valence-electron chi connectivity index (χ4n) is 2.29. The standard InChI is InChI=1S/C17H16FN3OS/c1-10-3-4-13(7-14(10)18)20-16(22)9-23-17-6-12-5-11(2)19-8-15(12)21-17/h3-5,7-8H,6,9H2,1-2H3,(H,20,22). The van der Waals surface area contributed by atoms with Crippen LogP contribution in [0.5, 0.6) is 0 Å². The van der Waals surface area contributed by atoms with Crippen LogP contribution in [-0.4, -0.2) is 21.7 Å². The molecule has 1 N–H and O–H groups in total. The van der Waals surface area contributed by atoms with Crippen LogP contribution < -0.4 is 5.32 Å². The van der Waals surface area contributed by atoms with Gasteiger partial charge in [-0.1, -0.05) is 6.07 Å². The highest BCUT2D eigenvalue weighted by molar-refractivity contribution is 8.14. The number of halogens is 1. The second kappa shape index (κ2) is 6.50. The van der Waals surface area contributed by atoms with Crippen LogP contribution in [0.4, 0.5) is 15.8 Å². The maximum absolute atomic E-state index is 13.5. The lowest BCUT2D eigenvalue weighted by Gasteiger charge is -2.06. The monoisotopic (exact) mass is 329 g/mol. The lowest BCUT2D eigenvalue weighted by molar-refractivity contribution is -0.113. The first-order valence-electron chi connectivity index (χ1n) is 7.23. The van der Waals surface area contributed by atoms with Crippen molar-refractivity contribution in [3.05, 3.63) is 53.1 Å². The summed E-state index contributed by atoms with van der Waals surface area (Å²) in [6.07, 6.45) is 2.49. The number of amides is 1. The molecular formula is C17H16FN3OS. The summed E-state index contributed by atoms with van der Waals surface area (Å²) in [5, 5.41) is 3.60. The Bertz CT molecular complexity index is 804. The van der Waals surface area contributed by atoms with Gasteiger partial charge in [-0.05, 0) is 43.2 Å². The smallest absolute Gasteiger partial charge is 0.234 e. The predicted octanol–water partition coefficient (Wildman–Crippen LogP) is 3.80. The summed E-state index contributed by atoms with van der Waals surface area (Å²) in [6.45, 7) is 3.63. The number of hydrogen-bond donors (Lipinski definition) is 1. The summed E-state index contributed by atoms with van der Waals surface area (Å²) >= 11 is 1.40. The second-order valence-electron chi connectivity index (χ2n) is 5.44. The number of pyridine rings is 1. The van der Waals surface area contributed by atoms with E-state index in [2.05, 4.69) is 15.3 Å². The van der Waals surface area contributed by atoms with E-state index < -0.39 is 0 Å². The highest BCUT2D eigenvalue weighted by atomic mass is 32.2. The Morgan fingerprint density at radius 3 is 2.96 bits per heavy atom. The van der Waals surface area contributed by atoms with Crippen molar-refractivity contribution >= 4 is 34.1 Å². The van der Waals surface area contributed by atoms with Crippen LogP contribution in [0, 0.1) is 19.7 Å². The van der Waals surface area contributed by atoms with Crippen LogP contribution in [0.3, 0.4) is 0 Å². The molecule has 4 nitrogen and oxygen atoms in total. The minimum Gasteiger partial charge on any atom is -0.325 e. The topological polar surface area (TPSA) is 54.4 Å². The molecule has 6 heteroatoms. The molecule has 2 heterocycles. The number of benzene rings is 1. The third kappa shape index (κ3) is 3.76. The fraction of sp³-hybridized carbons (Fsp3) is 0.235. The van der Waals surface area contributed by atoms with Gasteiger partial charge in [-0.3, -0.25) is 9.78 Å². The van der Waals surface area contributed by atoms with Crippen molar-refractivity contribution in [1.82, 2.24) is 4.98 Å². The van der Waals surface area contributed by atoms with Gasteiger partial charge in [-0.15, -0.1) is 11.8 Å². The molecule has 1 amide bonds. The molecule has 0 saturated carbocycles. The van der Waals surface area contributed by atoms with Gasteiger partial charge in [-0.2, -0.15) is 0 Å². The SMILES string of the molecule is Cc1cc2c(cn1)N=C(SCC(=O)Nc1ccc(C)c(F)c1)C2. The van der Waals surface area contributed by atoms with Gasteiger partial charge in [0.05, 0.1) is 22.7 Å². The van der Waals surface area contributed by atoms with E-state index in [1.165, 1.54) is 17.8 Å². The van der Waals surface area contributed by atoms with Crippen molar-refractivity contribution in [2.45, 2.75) is 20.3 Å². The molecular weight excluding hydrogens is 313 g/mol. The van der Waals surface area contributed by atoms with Crippen molar-refractivity contribution in [3.8, 4) is 0 Å². The van der Waals surface area contributed by atoms with E-state index >= 15 is 0 Å². The average molecular weight is 329 g/mol. The number of thioether (sulfide) groups is 1. The number of aryl methyl sites for hydroxylation is 2. The molecule has 23 heavy (non-hydrogen) atoms. The molecule has 1 aliphatic rings. The van der Waals surface area contributed by atoms with Crippen molar-refractivity contribution in [2.24, 2.45) is 4.99 Å². The number of aliphatic imine (C=N–C) groups is 1. The van der Waals surface area contributed by atoms with Crippen LogP contribution in [0.25, 0.3) is 0 Å². The Hall–Kier alpha value is -2.21. The lowest BCUT2D eigenvalue weighted by Crippen LogP contribution is -2.15. The molecule has 1 aliphatic heterocycles. The number of aromatic nitrogens is 1. The summed E-state index contributed by atoms with van der Waals surface area (Å²) in [7, 11) is 0. The second-order valence-corrected chi connectivity index (χ2v) is 6.49. The number of carbonyl (C=O) groups excluding carboxylic acids is 1.